The third-order valence-electron chi connectivity index (χ3n) is 3.62. The molecule has 0 amide bonds. The van der Waals surface area contributed by atoms with Crippen molar-refractivity contribution in [1.29, 1.82) is 0 Å². The van der Waals surface area contributed by atoms with Crippen LogP contribution in [0.4, 0.5) is 0 Å². The first-order chi connectivity index (χ1) is 9.78. The summed E-state index contributed by atoms with van der Waals surface area (Å²) in [6.45, 7) is 5.96. The van der Waals surface area contributed by atoms with Crippen molar-refractivity contribution in [2.75, 3.05) is 19.7 Å². The van der Waals surface area contributed by atoms with E-state index in [1.807, 2.05) is 32.9 Å². The van der Waals surface area contributed by atoms with Gasteiger partial charge in [0.1, 0.15) is 0 Å². The summed E-state index contributed by atoms with van der Waals surface area (Å²) in [5.41, 5.74) is 0.492. The van der Waals surface area contributed by atoms with Crippen LogP contribution in [-0.4, -0.2) is 49.2 Å². The van der Waals surface area contributed by atoms with Crippen LogP contribution in [0, 0.1) is 0 Å². The number of morpholine rings is 1. The molecule has 1 atom stereocenters. The Morgan fingerprint density at radius 3 is 2.48 bits per heavy atom. The Labute approximate surface area is 126 Å². The second-order valence-corrected chi connectivity index (χ2v) is 7.92. The van der Waals surface area contributed by atoms with Crippen molar-refractivity contribution in [2.24, 2.45) is 0 Å². The zero-order chi connectivity index (χ0) is 15.7. The van der Waals surface area contributed by atoms with E-state index in [-0.39, 0.29) is 24.6 Å². The zero-order valence-electron chi connectivity index (χ0n) is 12.7. The van der Waals surface area contributed by atoms with E-state index in [2.05, 4.69) is 0 Å². The molecule has 6 heteroatoms. The molecule has 0 aromatic heterocycles. The predicted octanol–water partition coefficient (Wildman–Crippen LogP) is 1.41. The highest BCUT2D eigenvalue weighted by atomic mass is 32.2. The van der Waals surface area contributed by atoms with E-state index >= 15 is 0 Å². The first-order valence-electron chi connectivity index (χ1n) is 7.16. The van der Waals surface area contributed by atoms with Gasteiger partial charge in [0, 0.05) is 13.1 Å². The molecule has 2 rings (SSSR count). The number of aryl methyl sites for hydroxylation is 1. The van der Waals surface area contributed by atoms with Crippen LogP contribution >= 0.6 is 0 Å². The van der Waals surface area contributed by atoms with Crippen LogP contribution in [-0.2, 0) is 21.2 Å². The molecule has 1 unspecified atom stereocenters. The van der Waals surface area contributed by atoms with Gasteiger partial charge in [0.05, 0.1) is 23.2 Å². The van der Waals surface area contributed by atoms with Gasteiger partial charge >= 0.3 is 0 Å². The number of ether oxygens (including phenoxy) is 1. The summed E-state index contributed by atoms with van der Waals surface area (Å²) < 4.78 is 32.5. The molecule has 0 bridgehead atoms. The van der Waals surface area contributed by atoms with Gasteiger partial charge in [-0.15, -0.1) is 0 Å². The van der Waals surface area contributed by atoms with Crippen molar-refractivity contribution in [3.05, 3.63) is 29.8 Å². The van der Waals surface area contributed by atoms with Gasteiger partial charge in [0.25, 0.3) is 0 Å². The van der Waals surface area contributed by atoms with Gasteiger partial charge in [-0.1, -0.05) is 19.1 Å². The molecule has 1 aromatic carbocycles. The third-order valence-corrected chi connectivity index (χ3v) is 5.45. The van der Waals surface area contributed by atoms with Gasteiger partial charge < -0.3 is 9.84 Å². The highest BCUT2D eigenvalue weighted by Crippen LogP contribution is 2.26. The van der Waals surface area contributed by atoms with Crippen molar-refractivity contribution in [1.82, 2.24) is 4.31 Å². The van der Waals surface area contributed by atoms with Crippen molar-refractivity contribution in [3.63, 3.8) is 0 Å². The van der Waals surface area contributed by atoms with Crippen molar-refractivity contribution >= 4 is 10.0 Å². The van der Waals surface area contributed by atoms with Gasteiger partial charge in [-0.2, -0.15) is 4.31 Å². The van der Waals surface area contributed by atoms with E-state index in [1.54, 1.807) is 12.1 Å². The van der Waals surface area contributed by atoms with Crippen LogP contribution < -0.4 is 0 Å². The molecule has 1 fully saturated rings. The molecule has 0 spiro atoms. The maximum absolute atomic E-state index is 12.7. The van der Waals surface area contributed by atoms with Crippen LogP contribution in [0.2, 0.25) is 0 Å². The number of benzene rings is 1. The van der Waals surface area contributed by atoms with Gasteiger partial charge in [-0.05, 0) is 38.0 Å². The quantitative estimate of drug-likeness (QED) is 0.912. The van der Waals surface area contributed by atoms with Crippen molar-refractivity contribution in [3.8, 4) is 0 Å². The Morgan fingerprint density at radius 2 is 1.95 bits per heavy atom. The summed E-state index contributed by atoms with van der Waals surface area (Å²) >= 11 is 0. The van der Waals surface area contributed by atoms with Crippen LogP contribution in [0.15, 0.2) is 29.2 Å². The second-order valence-electron chi connectivity index (χ2n) is 5.98. The molecule has 1 N–H and O–H groups in total. The lowest BCUT2D eigenvalue weighted by molar-refractivity contribution is -0.131. The Kier molecular flexibility index (Phi) is 4.72. The molecule has 1 heterocycles. The number of hydrogen-bond donors (Lipinski definition) is 1. The average Bonchev–Trinajstić information content (AvgIpc) is 2.45. The fourth-order valence-corrected chi connectivity index (χ4v) is 4.19. The van der Waals surface area contributed by atoms with Gasteiger partial charge in [-0.25, -0.2) is 8.42 Å². The summed E-state index contributed by atoms with van der Waals surface area (Å²) in [6, 6.07) is 6.96. The maximum Gasteiger partial charge on any atom is 0.243 e. The third kappa shape index (κ3) is 3.63. The Bertz CT molecular complexity index is 580. The molecule has 118 valence electrons. The van der Waals surface area contributed by atoms with Crippen LogP contribution in [0.3, 0.4) is 0 Å². The van der Waals surface area contributed by atoms with E-state index in [9.17, 15) is 13.5 Å². The second kappa shape index (κ2) is 6.04. The molecule has 0 saturated carbocycles. The summed E-state index contributed by atoms with van der Waals surface area (Å²) in [5, 5.41) is 9.30. The zero-order valence-corrected chi connectivity index (χ0v) is 13.6. The lowest BCUT2D eigenvalue weighted by Gasteiger charge is -2.41. The molecule has 0 aliphatic carbocycles. The predicted molar refractivity (Wildman–Crippen MR) is 80.6 cm³/mol. The number of sulfonamides is 1. The minimum atomic E-state index is -3.56. The van der Waals surface area contributed by atoms with Gasteiger partial charge in [0.15, 0.2) is 0 Å². The molecule has 21 heavy (non-hydrogen) atoms. The minimum Gasteiger partial charge on any atom is -0.394 e. The van der Waals surface area contributed by atoms with E-state index in [1.165, 1.54) is 4.31 Å². The SMILES string of the molecule is CCc1ccc(S(=O)(=O)N2CC(CO)OC(C)(C)C2)cc1. The number of hydrogen-bond acceptors (Lipinski definition) is 4. The van der Waals surface area contributed by atoms with Crippen LogP contribution in [0.5, 0.6) is 0 Å². The molecule has 0 radical (unpaired) electrons. The molecule has 1 aromatic rings. The molecule has 1 aliphatic rings. The Morgan fingerprint density at radius 1 is 1.33 bits per heavy atom. The van der Waals surface area contributed by atoms with E-state index in [0.29, 0.717) is 0 Å². The van der Waals surface area contributed by atoms with E-state index < -0.39 is 21.7 Å². The highest BCUT2D eigenvalue weighted by Gasteiger charge is 2.39. The molecular formula is C15H23NO4S. The highest BCUT2D eigenvalue weighted by molar-refractivity contribution is 7.89. The Balaban J connectivity index is 2.29. The monoisotopic (exact) mass is 313 g/mol. The number of rotatable bonds is 4. The van der Waals surface area contributed by atoms with Crippen LogP contribution in [0.25, 0.3) is 0 Å². The summed E-state index contributed by atoms with van der Waals surface area (Å²) in [4.78, 5) is 0.286. The van der Waals surface area contributed by atoms with Crippen LogP contribution in [0.1, 0.15) is 26.3 Å². The lowest BCUT2D eigenvalue weighted by Crippen LogP contribution is -2.55. The van der Waals surface area contributed by atoms with Crippen molar-refractivity contribution in [2.45, 2.75) is 43.8 Å². The molecular weight excluding hydrogens is 290 g/mol. The minimum absolute atomic E-state index is 0.178. The normalized spacial score (nSPS) is 23.1. The standard InChI is InChI=1S/C15H23NO4S/c1-4-12-5-7-14(8-6-12)21(18,19)16-9-13(10-17)20-15(2,3)11-16/h5-8,13,17H,4,9-11H2,1-3H3. The number of aliphatic hydroxyl groups excluding tert-OH is 1. The number of aliphatic hydroxyl groups is 1. The first-order valence-corrected chi connectivity index (χ1v) is 8.60. The smallest absolute Gasteiger partial charge is 0.243 e. The molecule has 1 aliphatic heterocycles. The summed E-state index contributed by atoms with van der Waals surface area (Å²) in [5.74, 6) is 0. The largest absolute Gasteiger partial charge is 0.394 e. The Hall–Kier alpha value is -0.950. The average molecular weight is 313 g/mol. The van der Waals surface area contributed by atoms with Crippen molar-refractivity contribution < 1.29 is 18.3 Å². The van der Waals surface area contributed by atoms with Gasteiger partial charge in [-0.3, -0.25) is 0 Å². The van der Waals surface area contributed by atoms with E-state index in [4.69, 9.17) is 4.74 Å². The fraction of sp³-hybridized carbons (Fsp3) is 0.600. The van der Waals surface area contributed by atoms with E-state index in [0.717, 1.165) is 12.0 Å². The lowest BCUT2D eigenvalue weighted by atomic mass is 10.1. The molecule has 1 saturated heterocycles. The maximum atomic E-state index is 12.7. The molecule has 5 nitrogen and oxygen atoms in total. The fourth-order valence-electron chi connectivity index (χ4n) is 2.57. The van der Waals surface area contributed by atoms with Gasteiger partial charge in [0.2, 0.25) is 10.0 Å². The number of nitrogens with zero attached hydrogens (tertiary/aromatic N) is 1. The first kappa shape index (κ1) is 16.4. The summed E-state index contributed by atoms with van der Waals surface area (Å²) in [6.07, 6.45) is 0.385. The summed E-state index contributed by atoms with van der Waals surface area (Å²) in [7, 11) is -3.56. The topological polar surface area (TPSA) is 66.8 Å².